The Hall–Kier alpha value is -1.66. The van der Waals surface area contributed by atoms with E-state index >= 15 is 0 Å². The summed E-state index contributed by atoms with van der Waals surface area (Å²) in [4.78, 5) is 25.3. The second kappa shape index (κ2) is 4.95. The topological polar surface area (TPSA) is 85.4 Å². The third-order valence-electron chi connectivity index (χ3n) is 7.08. The first-order chi connectivity index (χ1) is 11.7. The number of epoxide rings is 1. The van der Waals surface area contributed by atoms with Crippen LogP contribution in [0.15, 0.2) is 23.8 Å². The van der Waals surface area contributed by atoms with Crippen LogP contribution in [0.1, 0.15) is 40.0 Å². The highest BCUT2D eigenvalue weighted by atomic mass is 16.8. The molecule has 4 rings (SSSR count). The first kappa shape index (κ1) is 16.8. The van der Waals surface area contributed by atoms with Gasteiger partial charge >= 0.3 is 11.9 Å². The predicted octanol–water partition coefficient (Wildman–Crippen LogP) is 1.87. The average Bonchev–Trinajstić information content (AvgIpc) is 3.08. The fourth-order valence-electron chi connectivity index (χ4n) is 5.08. The van der Waals surface area contributed by atoms with Crippen molar-refractivity contribution in [2.45, 2.75) is 58.0 Å². The molecule has 0 aromatic rings. The van der Waals surface area contributed by atoms with Gasteiger partial charge in [0.1, 0.15) is 11.5 Å². The van der Waals surface area contributed by atoms with E-state index in [2.05, 4.69) is 26.5 Å². The second-order valence-corrected chi connectivity index (χ2v) is 8.15. The van der Waals surface area contributed by atoms with Crippen LogP contribution in [0, 0.1) is 16.7 Å². The van der Waals surface area contributed by atoms with Gasteiger partial charge in [0.15, 0.2) is 5.60 Å². The molecule has 1 N–H and O–H groups in total. The molecule has 0 amide bonds. The predicted molar refractivity (Wildman–Crippen MR) is 87.1 cm³/mol. The van der Waals surface area contributed by atoms with E-state index < -0.39 is 41.4 Å². The Bertz CT molecular complexity index is 711. The smallest absolute Gasteiger partial charge is 0.336 e. The second-order valence-electron chi connectivity index (χ2n) is 8.15. The maximum atomic E-state index is 12.9. The number of esters is 2. The summed E-state index contributed by atoms with van der Waals surface area (Å²) in [6.45, 7) is 9.12. The van der Waals surface area contributed by atoms with Gasteiger partial charge in [-0.15, -0.1) is 0 Å². The molecule has 1 spiro atoms. The molecule has 0 aromatic carbocycles. The molecule has 0 aromatic heterocycles. The molecule has 1 saturated carbocycles. The van der Waals surface area contributed by atoms with E-state index in [-0.39, 0.29) is 17.5 Å². The zero-order valence-electron chi connectivity index (χ0n) is 14.8. The van der Waals surface area contributed by atoms with Gasteiger partial charge in [0.2, 0.25) is 6.29 Å². The van der Waals surface area contributed by atoms with Gasteiger partial charge in [0.05, 0.1) is 12.2 Å². The van der Waals surface area contributed by atoms with Crippen molar-refractivity contribution in [1.29, 1.82) is 0 Å². The number of aliphatic hydroxyl groups excluding tert-OH is 1. The van der Waals surface area contributed by atoms with Gasteiger partial charge in [-0.3, -0.25) is 4.79 Å². The van der Waals surface area contributed by atoms with Crippen LogP contribution in [0.2, 0.25) is 0 Å². The van der Waals surface area contributed by atoms with E-state index in [1.807, 2.05) is 6.92 Å². The lowest BCUT2D eigenvalue weighted by molar-refractivity contribution is -0.182. The summed E-state index contributed by atoms with van der Waals surface area (Å²) in [6.07, 6.45) is 3.28. The maximum Gasteiger partial charge on any atom is 0.336 e. The van der Waals surface area contributed by atoms with Crippen LogP contribution < -0.4 is 0 Å². The summed E-state index contributed by atoms with van der Waals surface area (Å²) < 4.78 is 17.0. The van der Waals surface area contributed by atoms with E-state index in [9.17, 15) is 14.7 Å². The van der Waals surface area contributed by atoms with Crippen molar-refractivity contribution >= 4 is 11.9 Å². The van der Waals surface area contributed by atoms with Crippen molar-refractivity contribution in [2.24, 2.45) is 16.7 Å². The normalized spacial score (nSPS) is 47.0. The van der Waals surface area contributed by atoms with Crippen molar-refractivity contribution in [3.8, 4) is 0 Å². The van der Waals surface area contributed by atoms with Crippen LogP contribution >= 0.6 is 0 Å². The molecule has 2 saturated heterocycles. The number of hydrogen-bond donors (Lipinski definition) is 1. The minimum Gasteiger partial charge on any atom is -0.457 e. The van der Waals surface area contributed by atoms with Crippen LogP contribution in [0.25, 0.3) is 0 Å². The number of carbonyl (C=O) groups is 2. The fourth-order valence-corrected chi connectivity index (χ4v) is 5.08. The maximum absolute atomic E-state index is 12.9. The van der Waals surface area contributed by atoms with Crippen LogP contribution in [0.3, 0.4) is 0 Å². The van der Waals surface area contributed by atoms with E-state index in [4.69, 9.17) is 14.2 Å². The standard InChI is InChI=1S/C19H24O6/c1-10(9-20)13(21)23-14-17(3)11(2)6-5-7-12(17)8-19(14)15(22)24-16-18(19,4)25-16/h7,11,14,16,20H,1,5-6,8-9H2,2-4H3/t11-,14-,16+,17+,18-,19+/m0/s1. The molecule has 2 heterocycles. The van der Waals surface area contributed by atoms with Crippen LogP contribution in [0.4, 0.5) is 0 Å². The third-order valence-corrected chi connectivity index (χ3v) is 7.08. The molecule has 0 bridgehead atoms. The molecule has 6 atom stereocenters. The molecule has 6 heteroatoms. The molecule has 0 unspecified atom stereocenters. The lowest BCUT2D eigenvalue weighted by atomic mass is 9.64. The Morgan fingerprint density at radius 1 is 1.48 bits per heavy atom. The number of carbonyl (C=O) groups excluding carboxylic acids is 2. The number of fused-ring (bicyclic) bond motifs is 3. The first-order valence-electron chi connectivity index (χ1n) is 8.80. The number of ether oxygens (including phenoxy) is 3. The minimum atomic E-state index is -1.04. The Morgan fingerprint density at radius 2 is 2.20 bits per heavy atom. The molecule has 6 nitrogen and oxygen atoms in total. The zero-order chi connectivity index (χ0) is 18.2. The number of aliphatic hydroxyl groups is 1. The molecular formula is C19H24O6. The van der Waals surface area contributed by atoms with E-state index in [1.54, 1.807) is 0 Å². The lowest BCUT2D eigenvalue weighted by Crippen LogP contribution is -2.54. The molecule has 3 fully saturated rings. The van der Waals surface area contributed by atoms with E-state index in [0.717, 1.165) is 18.4 Å². The fraction of sp³-hybridized carbons (Fsp3) is 0.684. The summed E-state index contributed by atoms with van der Waals surface area (Å²) in [6, 6.07) is 0. The Balaban J connectivity index is 1.83. The molecule has 0 radical (unpaired) electrons. The molecule has 136 valence electrons. The van der Waals surface area contributed by atoms with Gasteiger partial charge in [-0.1, -0.05) is 32.1 Å². The molecule has 25 heavy (non-hydrogen) atoms. The van der Waals surface area contributed by atoms with Gasteiger partial charge in [-0.2, -0.15) is 0 Å². The highest BCUT2D eigenvalue weighted by Crippen LogP contribution is 2.71. The Kier molecular flexibility index (Phi) is 3.32. The summed E-state index contributed by atoms with van der Waals surface area (Å²) in [5, 5.41) is 9.22. The van der Waals surface area contributed by atoms with Crippen molar-refractivity contribution in [2.75, 3.05) is 6.61 Å². The Morgan fingerprint density at radius 3 is 2.80 bits per heavy atom. The first-order valence-corrected chi connectivity index (χ1v) is 8.80. The van der Waals surface area contributed by atoms with Crippen molar-refractivity contribution < 1.29 is 28.9 Å². The van der Waals surface area contributed by atoms with Crippen molar-refractivity contribution in [1.82, 2.24) is 0 Å². The highest BCUT2D eigenvalue weighted by Gasteiger charge is 2.85. The van der Waals surface area contributed by atoms with Gasteiger partial charge in [0, 0.05) is 5.41 Å². The lowest BCUT2D eigenvalue weighted by Gasteiger charge is -2.43. The van der Waals surface area contributed by atoms with Crippen LogP contribution in [0.5, 0.6) is 0 Å². The van der Waals surface area contributed by atoms with E-state index in [1.165, 1.54) is 0 Å². The zero-order valence-corrected chi connectivity index (χ0v) is 14.8. The van der Waals surface area contributed by atoms with Crippen molar-refractivity contribution in [3.05, 3.63) is 23.8 Å². The SMILES string of the molecule is C=C(CO)C(=O)O[C@H]1[C@@]2(C)C(=CCC[C@@H]2C)C[C@]12C(=O)O[C@@H]1O[C@@]12C. The average molecular weight is 348 g/mol. The highest BCUT2D eigenvalue weighted by molar-refractivity contribution is 5.90. The van der Waals surface area contributed by atoms with Gasteiger partial charge in [-0.25, -0.2) is 4.79 Å². The van der Waals surface area contributed by atoms with Gasteiger partial charge in [-0.05, 0) is 32.1 Å². The quantitative estimate of drug-likeness (QED) is 0.363. The monoisotopic (exact) mass is 348 g/mol. The molecule has 4 aliphatic rings. The minimum absolute atomic E-state index is 0.0237. The number of rotatable bonds is 3. The number of hydrogen-bond acceptors (Lipinski definition) is 6. The third kappa shape index (κ3) is 1.82. The molecular weight excluding hydrogens is 324 g/mol. The van der Waals surface area contributed by atoms with Crippen LogP contribution in [-0.2, 0) is 23.8 Å². The Labute approximate surface area is 146 Å². The summed E-state index contributed by atoms with van der Waals surface area (Å²) in [7, 11) is 0. The molecule has 2 aliphatic heterocycles. The summed E-state index contributed by atoms with van der Waals surface area (Å²) in [5.74, 6) is -0.795. The van der Waals surface area contributed by atoms with Crippen LogP contribution in [-0.4, -0.2) is 41.6 Å². The largest absolute Gasteiger partial charge is 0.457 e. The van der Waals surface area contributed by atoms with Gasteiger partial charge < -0.3 is 19.3 Å². The molecule has 2 aliphatic carbocycles. The van der Waals surface area contributed by atoms with E-state index in [0.29, 0.717) is 6.42 Å². The van der Waals surface area contributed by atoms with Crippen molar-refractivity contribution in [3.63, 3.8) is 0 Å². The van der Waals surface area contributed by atoms with Gasteiger partial charge in [0.25, 0.3) is 0 Å². The summed E-state index contributed by atoms with van der Waals surface area (Å²) >= 11 is 0. The number of allylic oxidation sites excluding steroid dienone is 1. The summed E-state index contributed by atoms with van der Waals surface area (Å²) in [5.41, 5.74) is -1.18.